The summed E-state index contributed by atoms with van der Waals surface area (Å²) < 4.78 is 83.1. The number of hydrogen-bond acceptors (Lipinski definition) is 9. The van der Waals surface area contributed by atoms with Crippen molar-refractivity contribution in [2.45, 2.75) is 44.9 Å². The second-order valence-corrected chi connectivity index (χ2v) is 14.5. The Kier molecular flexibility index (Phi) is 11.8. The summed E-state index contributed by atoms with van der Waals surface area (Å²) in [7, 11) is -8.87. The number of fused-ring (bicyclic) bond motifs is 2. The topological polar surface area (TPSA) is 144 Å². The molecule has 14 heteroatoms. The van der Waals surface area contributed by atoms with Gasteiger partial charge in [0.1, 0.15) is 0 Å². The van der Waals surface area contributed by atoms with E-state index < -0.39 is 31.2 Å². The van der Waals surface area contributed by atoms with E-state index >= 15 is 0 Å². The van der Waals surface area contributed by atoms with Crippen LogP contribution in [0.25, 0.3) is 28.3 Å². The Bertz CT molecular complexity index is 1990. The maximum atomic E-state index is 11.7. The average molecular weight is 695 g/mol. The molecule has 0 fully saturated rings. The van der Waals surface area contributed by atoms with E-state index in [1.165, 1.54) is 6.92 Å². The number of ether oxygens (including phenoxy) is 1. The fourth-order valence-corrected chi connectivity index (χ4v) is 6.12. The fourth-order valence-electron chi connectivity index (χ4n) is 5.08. The molecule has 0 bridgehead atoms. The van der Waals surface area contributed by atoms with Crippen molar-refractivity contribution >= 4 is 54.7 Å². The molecule has 3 aromatic carbocycles. The van der Waals surface area contributed by atoms with Crippen molar-refractivity contribution in [3.63, 3.8) is 0 Å². The summed E-state index contributed by atoms with van der Waals surface area (Å²) >= 11 is 6.24. The standard InChI is InChI=1S/C32H33ClN2O8S2.Na/c1-3-23(18-31-34(15-7-17-44(36,37)38)28-21-26(33)11-13-30(28)43-31)19-32-35(16-14-22(2)45(39,40)41)27-20-25(10-12-29(27)42-32)24-8-5-4-6-9-24;/h4-6,8-13,18-22H,3,7,14-17H2,1-2H3,(H-,36,37,38,39,40,41);/q;+1/p-1. The molecule has 46 heavy (non-hydrogen) atoms. The molecule has 2 heterocycles. The largest absolute Gasteiger partial charge is 1.00 e. The normalized spacial score (nSPS) is 15.1. The van der Waals surface area contributed by atoms with Crippen LogP contribution in [0.5, 0.6) is 5.75 Å². The third-order valence-electron chi connectivity index (χ3n) is 7.58. The third kappa shape index (κ3) is 8.81. The van der Waals surface area contributed by atoms with E-state index in [1.807, 2.05) is 66.1 Å². The molecule has 1 aromatic heterocycles. The zero-order chi connectivity index (χ0) is 32.4. The molecule has 0 amide bonds. The van der Waals surface area contributed by atoms with Crippen LogP contribution in [0.4, 0.5) is 5.69 Å². The van der Waals surface area contributed by atoms with E-state index in [0.29, 0.717) is 40.2 Å². The number of rotatable bonds is 12. The van der Waals surface area contributed by atoms with Crippen molar-refractivity contribution in [2.24, 2.45) is 0 Å². The van der Waals surface area contributed by atoms with E-state index in [9.17, 15) is 25.9 Å². The first-order valence-electron chi connectivity index (χ1n) is 14.4. The van der Waals surface area contributed by atoms with Crippen LogP contribution < -0.4 is 43.8 Å². The molecule has 0 spiro atoms. The van der Waals surface area contributed by atoms with Crippen LogP contribution in [-0.4, -0.2) is 43.5 Å². The minimum atomic E-state index is -4.48. The maximum Gasteiger partial charge on any atom is 1.00 e. The van der Waals surface area contributed by atoms with Crippen LogP contribution in [0.15, 0.2) is 88.7 Å². The molecule has 1 aliphatic heterocycles. The second kappa shape index (κ2) is 15.0. The van der Waals surface area contributed by atoms with E-state index in [2.05, 4.69) is 0 Å². The number of nitrogens with zero attached hydrogens (tertiary/aromatic N) is 2. The summed E-state index contributed by atoms with van der Waals surface area (Å²) in [6.45, 7) is 3.75. The number of halogens is 1. The third-order valence-corrected chi connectivity index (χ3v) is 9.83. The maximum absolute atomic E-state index is 11.7. The van der Waals surface area contributed by atoms with Crippen LogP contribution in [-0.2, 0) is 26.8 Å². The van der Waals surface area contributed by atoms with Crippen LogP contribution in [0.1, 0.15) is 39.0 Å². The molecule has 1 unspecified atom stereocenters. The fraction of sp³-hybridized carbons (Fsp3) is 0.281. The van der Waals surface area contributed by atoms with Gasteiger partial charge in [-0.1, -0.05) is 54.9 Å². The molecule has 0 saturated carbocycles. The Morgan fingerprint density at radius 1 is 1.02 bits per heavy atom. The predicted octanol–water partition coefficient (Wildman–Crippen LogP) is 2.84. The number of oxazole rings is 1. The van der Waals surface area contributed by atoms with Gasteiger partial charge in [-0.3, -0.25) is 0 Å². The molecule has 1 atom stereocenters. The summed E-state index contributed by atoms with van der Waals surface area (Å²) in [6, 6.07) is 20.7. The van der Waals surface area contributed by atoms with Crippen LogP contribution >= 0.6 is 11.6 Å². The molecular formula is C32H32ClN2NaO8S2. The second-order valence-electron chi connectivity index (χ2n) is 10.8. The smallest absolute Gasteiger partial charge is 0.748 e. The Morgan fingerprint density at radius 3 is 2.43 bits per heavy atom. The van der Waals surface area contributed by atoms with Gasteiger partial charge in [0.15, 0.2) is 12.3 Å². The molecule has 10 nitrogen and oxygen atoms in total. The van der Waals surface area contributed by atoms with Gasteiger partial charge in [0.25, 0.3) is 5.52 Å². The molecule has 0 N–H and O–H groups in total. The summed E-state index contributed by atoms with van der Waals surface area (Å²) in [5.74, 6) is 0.877. The molecule has 5 rings (SSSR count). The zero-order valence-corrected chi connectivity index (χ0v) is 30.1. The predicted molar refractivity (Wildman–Crippen MR) is 171 cm³/mol. The molecule has 1 aliphatic rings. The van der Waals surface area contributed by atoms with Crippen LogP contribution in [0.2, 0.25) is 5.02 Å². The molecule has 0 saturated heterocycles. The van der Waals surface area contributed by atoms with Gasteiger partial charge in [-0.05, 0) is 60.7 Å². The first-order chi connectivity index (χ1) is 21.3. The number of benzene rings is 3. The quantitative estimate of drug-likeness (QED) is 0.124. The van der Waals surface area contributed by atoms with Crippen molar-refractivity contribution in [1.29, 1.82) is 0 Å². The minimum Gasteiger partial charge on any atom is -0.748 e. The summed E-state index contributed by atoms with van der Waals surface area (Å²) in [6.07, 6.45) is 4.34. The van der Waals surface area contributed by atoms with Crippen molar-refractivity contribution in [3.05, 3.63) is 95.2 Å². The number of hydrogen-bond donors (Lipinski definition) is 0. The van der Waals surface area contributed by atoms with Gasteiger partial charge in [-0.15, -0.1) is 0 Å². The van der Waals surface area contributed by atoms with Gasteiger partial charge in [0.05, 0.1) is 37.2 Å². The van der Waals surface area contributed by atoms with Gasteiger partial charge >= 0.3 is 35.4 Å². The average Bonchev–Trinajstić information content (AvgIpc) is 3.50. The van der Waals surface area contributed by atoms with E-state index in [4.69, 9.17) is 20.8 Å². The van der Waals surface area contributed by atoms with Crippen LogP contribution in [0.3, 0.4) is 0 Å². The Hall–Kier alpha value is -2.68. The molecule has 0 aliphatic carbocycles. The monoisotopic (exact) mass is 694 g/mol. The molecule has 0 radical (unpaired) electrons. The van der Waals surface area contributed by atoms with Gasteiger partial charge in [0.2, 0.25) is 11.5 Å². The first-order valence-corrected chi connectivity index (χ1v) is 17.8. The summed E-state index contributed by atoms with van der Waals surface area (Å²) in [5.41, 5.74) is 4.70. The molecular weight excluding hydrogens is 663 g/mol. The first kappa shape index (κ1) is 36.2. The molecule has 4 aromatic rings. The number of allylic oxidation sites excluding steroid dienone is 2. The Balaban J connectivity index is 0.00000480. The molecule has 238 valence electrons. The minimum absolute atomic E-state index is 0. The van der Waals surface area contributed by atoms with E-state index in [1.54, 1.807) is 29.2 Å². The Labute approximate surface area is 296 Å². The van der Waals surface area contributed by atoms with Gasteiger partial charge < -0.3 is 23.2 Å². The summed E-state index contributed by atoms with van der Waals surface area (Å²) in [5, 5.41) is -0.626. The van der Waals surface area contributed by atoms with Gasteiger partial charge in [-0.2, -0.15) is 4.57 Å². The number of aromatic nitrogens is 1. The van der Waals surface area contributed by atoms with E-state index in [-0.39, 0.29) is 55.5 Å². The summed E-state index contributed by atoms with van der Waals surface area (Å²) in [4.78, 5) is 1.77. The van der Waals surface area contributed by atoms with Crippen molar-refractivity contribution in [2.75, 3.05) is 17.2 Å². The van der Waals surface area contributed by atoms with Crippen LogP contribution in [0, 0.1) is 0 Å². The SMILES string of the molecule is CCC(/C=C1\Oc2ccc(Cl)cc2N1CCCS(=O)(=O)[O-])=C\c1oc2ccc(-c3ccccc3)cc2[n+]1CCC(C)S(=O)(=O)[O-].[Na+]. The van der Waals surface area contributed by atoms with Gasteiger partial charge in [0, 0.05) is 35.9 Å². The number of aryl methyl sites for hydroxylation is 1. The Morgan fingerprint density at radius 2 is 1.76 bits per heavy atom. The van der Waals surface area contributed by atoms with Crippen molar-refractivity contribution in [1.82, 2.24) is 0 Å². The van der Waals surface area contributed by atoms with Gasteiger partial charge in [-0.25, -0.2) is 16.8 Å². The number of anilines is 1. The van der Waals surface area contributed by atoms with Crippen molar-refractivity contribution < 1.29 is 69.2 Å². The van der Waals surface area contributed by atoms with E-state index in [0.717, 1.165) is 22.2 Å². The zero-order valence-electron chi connectivity index (χ0n) is 25.7. The van der Waals surface area contributed by atoms with Crippen molar-refractivity contribution in [3.8, 4) is 16.9 Å².